The van der Waals surface area contributed by atoms with Gasteiger partial charge >= 0.3 is 0 Å². The molecule has 0 amide bonds. The standard InChI is InChI=1S/C17H26N2O3S.ClH/c1-13-5-2-3-9-17(13,12-18)19-23(20,21)15-7-8-16-14(11-15)6-4-10-22-16;/h7-8,11,13,19H,2-6,9-10,12,18H2,1H3;1H. The van der Waals surface area contributed by atoms with Gasteiger partial charge in [0, 0.05) is 12.1 Å². The lowest BCUT2D eigenvalue weighted by atomic mass is 9.74. The van der Waals surface area contributed by atoms with Crippen molar-refractivity contribution in [2.24, 2.45) is 11.7 Å². The highest BCUT2D eigenvalue weighted by atomic mass is 35.5. The second-order valence-electron chi connectivity index (χ2n) is 6.83. The molecule has 3 N–H and O–H groups in total. The zero-order valence-corrected chi connectivity index (χ0v) is 15.7. The van der Waals surface area contributed by atoms with Crippen molar-refractivity contribution in [2.45, 2.75) is 55.9 Å². The monoisotopic (exact) mass is 374 g/mol. The van der Waals surface area contributed by atoms with Crippen LogP contribution in [0.2, 0.25) is 0 Å². The van der Waals surface area contributed by atoms with Crippen LogP contribution in [0.15, 0.2) is 23.1 Å². The third-order valence-corrected chi connectivity index (χ3v) is 6.90. The lowest BCUT2D eigenvalue weighted by molar-refractivity contribution is 0.191. The highest BCUT2D eigenvalue weighted by Gasteiger charge is 2.40. The molecule has 1 aliphatic heterocycles. The fraction of sp³-hybridized carbons (Fsp3) is 0.647. The summed E-state index contributed by atoms with van der Waals surface area (Å²) in [5.41, 5.74) is 6.42. The van der Waals surface area contributed by atoms with Crippen LogP contribution in [0.4, 0.5) is 0 Å². The van der Waals surface area contributed by atoms with E-state index in [0.717, 1.165) is 49.8 Å². The molecule has 1 aliphatic carbocycles. The second kappa shape index (κ2) is 7.60. The topological polar surface area (TPSA) is 81.4 Å². The van der Waals surface area contributed by atoms with Gasteiger partial charge in [0.25, 0.3) is 0 Å². The van der Waals surface area contributed by atoms with E-state index in [4.69, 9.17) is 10.5 Å². The number of rotatable bonds is 4. The number of aryl methyl sites for hydroxylation is 1. The number of hydrogen-bond donors (Lipinski definition) is 2. The number of benzene rings is 1. The van der Waals surface area contributed by atoms with Gasteiger partial charge in [-0.1, -0.05) is 19.8 Å². The van der Waals surface area contributed by atoms with Crippen molar-refractivity contribution in [3.63, 3.8) is 0 Å². The van der Waals surface area contributed by atoms with Crippen LogP contribution in [0.3, 0.4) is 0 Å². The van der Waals surface area contributed by atoms with E-state index in [0.29, 0.717) is 18.0 Å². The van der Waals surface area contributed by atoms with Gasteiger partial charge in [-0.25, -0.2) is 13.1 Å². The highest BCUT2D eigenvalue weighted by molar-refractivity contribution is 7.89. The fourth-order valence-electron chi connectivity index (χ4n) is 3.74. The predicted octanol–water partition coefficient (Wildman–Crippen LogP) is 2.62. The Labute approximate surface area is 150 Å². The van der Waals surface area contributed by atoms with Gasteiger partial charge in [-0.05, 0) is 55.4 Å². The van der Waals surface area contributed by atoms with Gasteiger partial charge in [0.05, 0.1) is 11.5 Å². The third-order valence-electron chi connectivity index (χ3n) is 5.35. The summed E-state index contributed by atoms with van der Waals surface area (Å²) >= 11 is 0. The van der Waals surface area contributed by atoms with Gasteiger partial charge in [0.1, 0.15) is 5.75 Å². The first-order valence-electron chi connectivity index (χ1n) is 8.47. The molecule has 1 heterocycles. The van der Waals surface area contributed by atoms with E-state index < -0.39 is 15.6 Å². The molecule has 0 aromatic heterocycles. The number of ether oxygens (including phenoxy) is 1. The predicted molar refractivity (Wildman–Crippen MR) is 97.2 cm³/mol. The summed E-state index contributed by atoms with van der Waals surface area (Å²) in [6.07, 6.45) is 5.75. The first-order valence-corrected chi connectivity index (χ1v) is 9.95. The number of halogens is 1. The van der Waals surface area contributed by atoms with Crippen molar-refractivity contribution >= 4 is 22.4 Å². The van der Waals surface area contributed by atoms with Gasteiger partial charge in [-0.2, -0.15) is 0 Å². The molecular formula is C17H27ClN2O3S. The lowest BCUT2D eigenvalue weighted by Crippen LogP contribution is -2.58. The van der Waals surface area contributed by atoms with Crippen LogP contribution in [-0.4, -0.2) is 27.1 Å². The summed E-state index contributed by atoms with van der Waals surface area (Å²) in [5.74, 6) is 1.05. The number of sulfonamides is 1. The van der Waals surface area contributed by atoms with Crippen molar-refractivity contribution < 1.29 is 13.2 Å². The molecule has 7 heteroatoms. The molecule has 1 aromatic carbocycles. The molecule has 0 radical (unpaired) electrons. The Kier molecular flexibility index (Phi) is 6.18. The Hall–Kier alpha value is -0.820. The molecule has 24 heavy (non-hydrogen) atoms. The Balaban J connectivity index is 0.00000208. The molecule has 2 aliphatic rings. The SMILES string of the molecule is CC1CCCCC1(CN)NS(=O)(=O)c1ccc2c(c1)CCCO2.Cl. The molecule has 0 saturated heterocycles. The number of nitrogens with two attached hydrogens (primary N) is 1. The second-order valence-corrected chi connectivity index (χ2v) is 8.52. The first kappa shape index (κ1) is 19.5. The van der Waals surface area contributed by atoms with Crippen LogP contribution < -0.4 is 15.2 Å². The average Bonchev–Trinajstić information content (AvgIpc) is 2.56. The van der Waals surface area contributed by atoms with Gasteiger partial charge in [0.15, 0.2) is 0 Å². The smallest absolute Gasteiger partial charge is 0.241 e. The maximum Gasteiger partial charge on any atom is 0.241 e. The molecule has 3 rings (SSSR count). The molecule has 2 atom stereocenters. The quantitative estimate of drug-likeness (QED) is 0.848. The molecular weight excluding hydrogens is 348 g/mol. The Morgan fingerprint density at radius 1 is 1.33 bits per heavy atom. The summed E-state index contributed by atoms with van der Waals surface area (Å²) in [7, 11) is -3.58. The number of nitrogens with one attached hydrogen (secondary N) is 1. The van der Waals surface area contributed by atoms with Crippen LogP contribution in [0, 0.1) is 5.92 Å². The van der Waals surface area contributed by atoms with E-state index in [1.807, 2.05) is 0 Å². The summed E-state index contributed by atoms with van der Waals surface area (Å²) in [6.45, 7) is 3.13. The minimum absolute atomic E-state index is 0. The van der Waals surface area contributed by atoms with Crippen LogP contribution in [0.1, 0.15) is 44.6 Å². The molecule has 0 bridgehead atoms. The van der Waals surface area contributed by atoms with Crippen LogP contribution in [0.25, 0.3) is 0 Å². The van der Waals surface area contributed by atoms with Gasteiger partial charge < -0.3 is 10.5 Å². The minimum atomic E-state index is -3.58. The summed E-state index contributed by atoms with van der Waals surface area (Å²) in [5, 5.41) is 0. The van der Waals surface area contributed by atoms with Crippen LogP contribution >= 0.6 is 12.4 Å². The van der Waals surface area contributed by atoms with Crippen molar-refractivity contribution in [1.82, 2.24) is 4.72 Å². The molecule has 1 aromatic rings. The van der Waals surface area contributed by atoms with E-state index >= 15 is 0 Å². The van der Waals surface area contributed by atoms with E-state index in [2.05, 4.69) is 11.6 Å². The van der Waals surface area contributed by atoms with Crippen LogP contribution in [-0.2, 0) is 16.4 Å². The summed E-state index contributed by atoms with van der Waals surface area (Å²) < 4.78 is 34.3. The first-order chi connectivity index (χ1) is 11.0. The Morgan fingerprint density at radius 3 is 2.83 bits per heavy atom. The molecule has 2 unspecified atom stereocenters. The Morgan fingerprint density at radius 2 is 2.12 bits per heavy atom. The summed E-state index contributed by atoms with van der Waals surface area (Å²) in [4.78, 5) is 0.312. The van der Waals surface area contributed by atoms with Crippen LogP contribution in [0.5, 0.6) is 5.75 Å². The lowest BCUT2D eigenvalue weighted by Gasteiger charge is -2.42. The van der Waals surface area contributed by atoms with Crippen molar-refractivity contribution in [3.8, 4) is 5.75 Å². The van der Waals surface area contributed by atoms with E-state index in [-0.39, 0.29) is 18.3 Å². The van der Waals surface area contributed by atoms with E-state index in [1.54, 1.807) is 18.2 Å². The molecule has 5 nitrogen and oxygen atoms in total. The molecule has 0 spiro atoms. The van der Waals surface area contributed by atoms with E-state index in [1.165, 1.54) is 0 Å². The van der Waals surface area contributed by atoms with Crippen molar-refractivity contribution in [2.75, 3.05) is 13.2 Å². The maximum atomic E-state index is 12.9. The van der Waals surface area contributed by atoms with Crippen molar-refractivity contribution in [1.29, 1.82) is 0 Å². The normalized spacial score (nSPS) is 26.8. The van der Waals surface area contributed by atoms with Crippen molar-refractivity contribution in [3.05, 3.63) is 23.8 Å². The molecule has 1 fully saturated rings. The number of fused-ring (bicyclic) bond motifs is 1. The summed E-state index contributed by atoms with van der Waals surface area (Å²) in [6, 6.07) is 5.14. The zero-order valence-electron chi connectivity index (χ0n) is 14.1. The number of hydrogen-bond acceptors (Lipinski definition) is 4. The fourth-order valence-corrected chi connectivity index (χ4v) is 5.32. The molecule has 136 valence electrons. The largest absolute Gasteiger partial charge is 0.493 e. The third kappa shape index (κ3) is 3.72. The van der Waals surface area contributed by atoms with Gasteiger partial charge in [-0.15, -0.1) is 12.4 Å². The minimum Gasteiger partial charge on any atom is -0.493 e. The Bertz CT molecular complexity index is 680. The zero-order chi connectivity index (χ0) is 16.5. The van der Waals surface area contributed by atoms with Gasteiger partial charge in [0.2, 0.25) is 10.0 Å². The highest BCUT2D eigenvalue weighted by Crippen LogP contribution is 2.35. The maximum absolute atomic E-state index is 12.9. The molecule has 1 saturated carbocycles. The van der Waals surface area contributed by atoms with E-state index in [9.17, 15) is 8.42 Å². The van der Waals surface area contributed by atoms with Gasteiger partial charge in [-0.3, -0.25) is 0 Å². The average molecular weight is 375 g/mol.